The highest BCUT2D eigenvalue weighted by molar-refractivity contribution is 5.99. The number of aromatic nitrogens is 2. The number of nitrogens with zero attached hydrogens (tertiary/aromatic N) is 3. The molecule has 4 rings (SSSR count). The number of anilines is 5. The molecule has 0 radical (unpaired) electrons. The second-order valence-electron chi connectivity index (χ2n) is 7.89. The van der Waals surface area contributed by atoms with Gasteiger partial charge in [0.2, 0.25) is 5.91 Å². The number of nitrogens with one attached hydrogen (secondary N) is 3. The zero-order valence-corrected chi connectivity index (χ0v) is 18.9. The Balaban J connectivity index is 1.34. The summed E-state index contributed by atoms with van der Waals surface area (Å²) in [5, 5.41) is 9.23. The number of aryl methyl sites for hydroxylation is 1. The Morgan fingerprint density at radius 2 is 1.74 bits per heavy atom. The third-order valence-electron chi connectivity index (χ3n) is 5.24. The van der Waals surface area contributed by atoms with Crippen LogP contribution in [0, 0.1) is 12.7 Å². The van der Waals surface area contributed by atoms with Crippen molar-refractivity contribution in [1.29, 1.82) is 0 Å². The molecule has 0 atom stereocenters. The molecule has 0 aliphatic carbocycles. The third kappa shape index (κ3) is 6.84. The number of hydrogen-bond acceptors (Lipinski definition) is 7. The number of rotatable bonds is 8. The van der Waals surface area contributed by atoms with Crippen LogP contribution in [-0.2, 0) is 9.53 Å². The highest BCUT2D eigenvalue weighted by Gasteiger charge is 2.08. The highest BCUT2D eigenvalue weighted by atomic mass is 19.1. The maximum Gasteiger partial charge on any atom is 0.248 e. The van der Waals surface area contributed by atoms with E-state index in [1.165, 1.54) is 12.4 Å². The number of carbonyl (C=O) groups excluding carboxylic acids is 1. The molecule has 1 saturated heterocycles. The first-order valence-electron chi connectivity index (χ1n) is 11.0. The van der Waals surface area contributed by atoms with Crippen LogP contribution in [-0.4, -0.2) is 53.6 Å². The lowest BCUT2D eigenvalue weighted by Gasteiger charge is -2.25. The first-order valence-corrected chi connectivity index (χ1v) is 11.0. The minimum atomic E-state index is -0.254. The van der Waals surface area contributed by atoms with Crippen LogP contribution in [0.25, 0.3) is 0 Å². The zero-order chi connectivity index (χ0) is 23.8. The molecule has 0 spiro atoms. The average molecular weight is 463 g/mol. The van der Waals surface area contributed by atoms with E-state index in [0.717, 1.165) is 44.2 Å². The summed E-state index contributed by atoms with van der Waals surface area (Å²) >= 11 is 0. The lowest BCUT2D eigenvalue weighted by Crippen LogP contribution is -2.36. The molecule has 176 valence electrons. The SMILES string of the molecule is Cc1cc(Nc2cc(Nc3cccc(NC(=O)/C=C/CN4CCOCC4)c3)ncn2)ccc1F. The smallest absolute Gasteiger partial charge is 0.248 e. The lowest BCUT2D eigenvalue weighted by molar-refractivity contribution is -0.111. The van der Waals surface area contributed by atoms with Gasteiger partial charge in [0.05, 0.1) is 13.2 Å². The number of benzene rings is 2. The standard InChI is InChI=1S/C25H27FN6O2/c1-18-14-21(7-8-22(18)26)30-24-16-23(27-17-28-24)29-19-4-2-5-20(15-19)31-25(33)6-3-9-32-10-12-34-13-11-32/h2-8,14-17H,9-13H2,1H3,(H,31,33)(H2,27,28,29,30)/b6-3+. The van der Waals surface area contributed by atoms with Crippen LogP contribution in [0.15, 0.2) is 67.0 Å². The van der Waals surface area contributed by atoms with E-state index in [4.69, 9.17) is 4.74 Å². The molecule has 0 saturated carbocycles. The molecule has 3 N–H and O–H groups in total. The summed E-state index contributed by atoms with van der Waals surface area (Å²) in [5.41, 5.74) is 2.71. The normalized spacial score (nSPS) is 14.2. The Morgan fingerprint density at radius 1 is 1.03 bits per heavy atom. The summed E-state index contributed by atoms with van der Waals surface area (Å²) in [7, 11) is 0. The Morgan fingerprint density at radius 3 is 2.47 bits per heavy atom. The number of carbonyl (C=O) groups is 1. The van der Waals surface area contributed by atoms with Crippen LogP contribution in [0.4, 0.5) is 33.1 Å². The van der Waals surface area contributed by atoms with Gasteiger partial charge < -0.3 is 20.7 Å². The van der Waals surface area contributed by atoms with Crippen molar-refractivity contribution in [1.82, 2.24) is 14.9 Å². The first kappa shape index (κ1) is 23.3. The van der Waals surface area contributed by atoms with Crippen molar-refractivity contribution < 1.29 is 13.9 Å². The second-order valence-corrected chi connectivity index (χ2v) is 7.89. The van der Waals surface area contributed by atoms with Crippen LogP contribution < -0.4 is 16.0 Å². The van der Waals surface area contributed by atoms with Gasteiger partial charge in [-0.1, -0.05) is 12.1 Å². The molecule has 1 amide bonds. The fourth-order valence-electron chi connectivity index (χ4n) is 3.46. The summed E-state index contributed by atoms with van der Waals surface area (Å²) in [5.74, 6) is 0.701. The molecule has 1 aliphatic heterocycles. The van der Waals surface area contributed by atoms with Crippen molar-refractivity contribution in [3.05, 3.63) is 78.4 Å². The average Bonchev–Trinajstić information content (AvgIpc) is 2.83. The number of morpholine rings is 1. The van der Waals surface area contributed by atoms with E-state index in [-0.39, 0.29) is 11.7 Å². The van der Waals surface area contributed by atoms with Crippen molar-refractivity contribution in [2.75, 3.05) is 48.8 Å². The van der Waals surface area contributed by atoms with E-state index in [0.29, 0.717) is 22.9 Å². The molecule has 9 heteroatoms. The Labute approximate surface area is 197 Å². The summed E-state index contributed by atoms with van der Waals surface area (Å²) in [4.78, 5) is 23.0. The van der Waals surface area contributed by atoms with E-state index >= 15 is 0 Å². The molecular weight excluding hydrogens is 435 g/mol. The largest absolute Gasteiger partial charge is 0.379 e. The molecule has 3 aromatic rings. The maximum absolute atomic E-state index is 13.5. The van der Waals surface area contributed by atoms with Crippen molar-refractivity contribution in [3.63, 3.8) is 0 Å². The Kier molecular flexibility index (Phi) is 7.79. The molecule has 1 aliphatic rings. The third-order valence-corrected chi connectivity index (χ3v) is 5.24. The fourth-order valence-corrected chi connectivity index (χ4v) is 3.46. The van der Waals surface area contributed by atoms with Gasteiger partial charge in [-0.05, 0) is 48.9 Å². The van der Waals surface area contributed by atoms with Crippen LogP contribution in [0.1, 0.15) is 5.56 Å². The van der Waals surface area contributed by atoms with E-state index in [9.17, 15) is 9.18 Å². The molecule has 34 heavy (non-hydrogen) atoms. The molecule has 2 aromatic carbocycles. The van der Waals surface area contributed by atoms with Gasteiger partial charge >= 0.3 is 0 Å². The monoisotopic (exact) mass is 462 g/mol. The predicted molar refractivity (Wildman–Crippen MR) is 131 cm³/mol. The Hall–Kier alpha value is -3.82. The van der Waals surface area contributed by atoms with Crippen molar-refractivity contribution in [3.8, 4) is 0 Å². The van der Waals surface area contributed by atoms with Crippen LogP contribution in [0.5, 0.6) is 0 Å². The molecule has 1 fully saturated rings. The minimum absolute atomic E-state index is 0.187. The van der Waals surface area contributed by atoms with E-state index in [1.807, 2.05) is 30.3 Å². The fraction of sp³-hybridized carbons (Fsp3) is 0.240. The van der Waals surface area contributed by atoms with Gasteiger partial charge in [0.15, 0.2) is 0 Å². The van der Waals surface area contributed by atoms with Crippen LogP contribution in [0.2, 0.25) is 0 Å². The summed E-state index contributed by atoms with van der Waals surface area (Å²) in [6, 6.07) is 13.9. The van der Waals surface area contributed by atoms with Crippen LogP contribution >= 0.6 is 0 Å². The van der Waals surface area contributed by atoms with E-state index in [2.05, 4.69) is 30.8 Å². The van der Waals surface area contributed by atoms with E-state index < -0.39 is 0 Å². The van der Waals surface area contributed by atoms with Crippen LogP contribution in [0.3, 0.4) is 0 Å². The zero-order valence-electron chi connectivity index (χ0n) is 18.9. The number of ether oxygens (including phenoxy) is 1. The molecule has 8 nitrogen and oxygen atoms in total. The molecule has 2 heterocycles. The summed E-state index contributed by atoms with van der Waals surface area (Å²) in [6.07, 6.45) is 4.85. The van der Waals surface area contributed by atoms with Gasteiger partial charge in [-0.15, -0.1) is 0 Å². The predicted octanol–water partition coefficient (Wildman–Crippen LogP) is 4.24. The van der Waals surface area contributed by atoms with Gasteiger partial charge in [-0.3, -0.25) is 9.69 Å². The summed E-state index contributed by atoms with van der Waals surface area (Å²) in [6.45, 7) is 5.65. The Bertz CT molecular complexity index is 1160. The van der Waals surface area contributed by atoms with Crippen molar-refractivity contribution in [2.24, 2.45) is 0 Å². The summed E-state index contributed by atoms with van der Waals surface area (Å²) < 4.78 is 18.8. The maximum atomic E-state index is 13.5. The lowest BCUT2D eigenvalue weighted by atomic mass is 10.2. The van der Waals surface area contributed by atoms with Crippen molar-refractivity contribution >= 4 is 34.6 Å². The molecule has 0 unspecified atom stereocenters. The molecular formula is C25H27FN6O2. The van der Waals surface area contributed by atoms with Crippen molar-refractivity contribution in [2.45, 2.75) is 6.92 Å². The van der Waals surface area contributed by atoms with E-state index in [1.54, 1.807) is 31.2 Å². The van der Waals surface area contributed by atoms with Gasteiger partial charge in [-0.25, -0.2) is 14.4 Å². The van der Waals surface area contributed by atoms with Gasteiger partial charge in [-0.2, -0.15) is 0 Å². The highest BCUT2D eigenvalue weighted by Crippen LogP contribution is 2.22. The molecule has 0 bridgehead atoms. The number of amides is 1. The van der Waals surface area contributed by atoms with Gasteiger partial charge in [0, 0.05) is 48.8 Å². The van der Waals surface area contributed by atoms with Gasteiger partial charge in [0.1, 0.15) is 23.8 Å². The minimum Gasteiger partial charge on any atom is -0.379 e. The van der Waals surface area contributed by atoms with Gasteiger partial charge in [0.25, 0.3) is 0 Å². The second kappa shape index (κ2) is 11.4. The quantitative estimate of drug-likeness (QED) is 0.431. The molecule has 1 aromatic heterocycles. The topological polar surface area (TPSA) is 91.4 Å². The number of hydrogen-bond donors (Lipinski definition) is 3. The first-order chi connectivity index (χ1) is 16.5. The number of halogens is 1.